The fourth-order valence-electron chi connectivity index (χ4n) is 1.78. The summed E-state index contributed by atoms with van der Waals surface area (Å²) < 4.78 is 63.0. The molecule has 1 aromatic rings. The van der Waals surface area contributed by atoms with Gasteiger partial charge in [-0.2, -0.15) is 13.2 Å². The van der Waals surface area contributed by atoms with E-state index in [-0.39, 0.29) is 23.8 Å². The van der Waals surface area contributed by atoms with E-state index in [4.69, 9.17) is 5.73 Å². The SMILES string of the molecule is CCCC(N)C(=O)Nc1cc(C(F)(F)F)ccc1NS(C)(=O)=O.Cl. The molecule has 0 saturated carbocycles. The summed E-state index contributed by atoms with van der Waals surface area (Å²) in [5, 5.41) is 2.24. The summed E-state index contributed by atoms with van der Waals surface area (Å²) in [4.78, 5) is 11.9. The second-order valence-corrected chi connectivity index (χ2v) is 6.77. The number of carbonyl (C=O) groups excluding carboxylic acids is 1. The largest absolute Gasteiger partial charge is 0.416 e. The van der Waals surface area contributed by atoms with Gasteiger partial charge in [-0.05, 0) is 24.6 Å². The predicted molar refractivity (Wildman–Crippen MR) is 88.7 cm³/mol. The zero-order valence-electron chi connectivity index (χ0n) is 13.0. The Morgan fingerprint density at radius 2 is 1.88 bits per heavy atom. The highest BCUT2D eigenvalue weighted by atomic mass is 35.5. The second kappa shape index (κ2) is 8.54. The number of carbonyl (C=O) groups is 1. The number of nitrogens with two attached hydrogens (primary N) is 1. The monoisotopic (exact) mass is 389 g/mol. The van der Waals surface area contributed by atoms with Crippen molar-refractivity contribution in [2.75, 3.05) is 16.3 Å². The molecule has 0 bridgehead atoms. The molecule has 6 nitrogen and oxygen atoms in total. The molecule has 0 saturated heterocycles. The maximum absolute atomic E-state index is 12.8. The number of rotatable bonds is 6. The van der Waals surface area contributed by atoms with Gasteiger partial charge in [0.15, 0.2) is 0 Å². The average molecular weight is 390 g/mol. The lowest BCUT2D eigenvalue weighted by Crippen LogP contribution is -2.35. The van der Waals surface area contributed by atoms with E-state index in [1.807, 2.05) is 0 Å². The van der Waals surface area contributed by atoms with Crippen LogP contribution in [-0.2, 0) is 21.0 Å². The fraction of sp³-hybridized carbons (Fsp3) is 0.462. The summed E-state index contributed by atoms with van der Waals surface area (Å²) in [5.41, 5.74) is 4.11. The molecule has 0 radical (unpaired) electrons. The summed E-state index contributed by atoms with van der Waals surface area (Å²) in [6.07, 6.45) is -2.82. The van der Waals surface area contributed by atoms with Crippen LogP contribution in [0, 0.1) is 0 Å². The van der Waals surface area contributed by atoms with E-state index in [2.05, 4.69) is 10.0 Å². The first-order valence-corrected chi connectivity index (χ1v) is 8.58. The molecule has 4 N–H and O–H groups in total. The molecule has 1 atom stereocenters. The van der Waals surface area contributed by atoms with Gasteiger partial charge in [0.05, 0.1) is 29.2 Å². The number of alkyl halides is 3. The van der Waals surface area contributed by atoms with Crippen molar-refractivity contribution in [3.05, 3.63) is 23.8 Å². The molecule has 0 spiro atoms. The first-order valence-electron chi connectivity index (χ1n) is 6.69. The molecule has 1 unspecified atom stereocenters. The average Bonchev–Trinajstić information content (AvgIpc) is 2.38. The summed E-state index contributed by atoms with van der Waals surface area (Å²) in [7, 11) is -3.73. The quantitative estimate of drug-likeness (QED) is 0.695. The van der Waals surface area contributed by atoms with E-state index in [9.17, 15) is 26.4 Å². The number of hydrogen-bond acceptors (Lipinski definition) is 4. The van der Waals surface area contributed by atoms with Crippen LogP contribution in [-0.4, -0.2) is 26.6 Å². The molecule has 0 aromatic heterocycles. The number of halogens is 4. The zero-order chi connectivity index (χ0) is 17.8. The fourth-order valence-corrected chi connectivity index (χ4v) is 2.36. The minimum atomic E-state index is -4.63. The Bertz CT molecular complexity index is 681. The van der Waals surface area contributed by atoms with Gasteiger partial charge in [-0.15, -0.1) is 12.4 Å². The molecule has 11 heteroatoms. The van der Waals surface area contributed by atoms with E-state index >= 15 is 0 Å². The van der Waals surface area contributed by atoms with Gasteiger partial charge in [0.25, 0.3) is 0 Å². The lowest BCUT2D eigenvalue weighted by Gasteiger charge is -2.17. The molecule has 0 aliphatic rings. The van der Waals surface area contributed by atoms with Crippen LogP contribution in [0.15, 0.2) is 18.2 Å². The first-order chi connectivity index (χ1) is 10.4. The second-order valence-electron chi connectivity index (χ2n) is 5.02. The standard InChI is InChI=1S/C13H18F3N3O3S.ClH/c1-3-4-9(17)12(20)18-11-7-8(13(14,15)16)5-6-10(11)19-23(2,21)22;/h5-7,9,19H,3-4,17H2,1-2H3,(H,18,20);1H. The van der Waals surface area contributed by atoms with Crippen LogP contribution in [0.3, 0.4) is 0 Å². The molecular formula is C13H19ClF3N3O3S. The normalized spacial score (nSPS) is 12.9. The Balaban J connectivity index is 0.00000529. The predicted octanol–water partition coefficient (Wildman–Crippen LogP) is 2.56. The molecule has 0 fully saturated rings. The summed E-state index contributed by atoms with van der Waals surface area (Å²) >= 11 is 0. The first kappa shape index (κ1) is 22.5. The summed E-state index contributed by atoms with van der Waals surface area (Å²) in [5.74, 6) is -0.692. The van der Waals surface area contributed by atoms with Crippen molar-refractivity contribution in [1.29, 1.82) is 0 Å². The Morgan fingerprint density at radius 1 is 1.29 bits per heavy atom. The maximum Gasteiger partial charge on any atom is 0.416 e. The molecule has 24 heavy (non-hydrogen) atoms. The summed E-state index contributed by atoms with van der Waals surface area (Å²) in [6, 6.07) is 1.41. The topological polar surface area (TPSA) is 101 Å². The number of anilines is 2. The van der Waals surface area contributed by atoms with E-state index in [1.165, 1.54) is 0 Å². The van der Waals surface area contributed by atoms with E-state index in [1.54, 1.807) is 6.92 Å². The lowest BCUT2D eigenvalue weighted by molar-refractivity contribution is -0.137. The van der Waals surface area contributed by atoms with Gasteiger partial charge < -0.3 is 11.1 Å². The van der Waals surface area contributed by atoms with Gasteiger partial charge in [-0.1, -0.05) is 13.3 Å². The number of amides is 1. The highest BCUT2D eigenvalue weighted by Gasteiger charge is 2.31. The van der Waals surface area contributed by atoms with Crippen LogP contribution < -0.4 is 15.8 Å². The molecule has 0 aliphatic carbocycles. The van der Waals surface area contributed by atoms with Crippen molar-refractivity contribution in [2.24, 2.45) is 5.73 Å². The number of hydrogen-bond donors (Lipinski definition) is 3. The molecule has 1 rings (SSSR count). The molecule has 0 heterocycles. The van der Waals surface area contributed by atoms with Crippen molar-refractivity contribution in [1.82, 2.24) is 0 Å². The van der Waals surface area contributed by atoms with Crippen LogP contribution >= 0.6 is 12.4 Å². The molecule has 1 aromatic carbocycles. The number of benzene rings is 1. The Labute approximate surface area is 144 Å². The van der Waals surface area contributed by atoms with Crippen LogP contribution in [0.5, 0.6) is 0 Å². The third-order valence-corrected chi connectivity index (χ3v) is 3.43. The van der Waals surface area contributed by atoms with Crippen LogP contribution in [0.1, 0.15) is 25.3 Å². The number of sulfonamides is 1. The van der Waals surface area contributed by atoms with Gasteiger partial charge >= 0.3 is 6.18 Å². The van der Waals surface area contributed by atoms with Crippen molar-refractivity contribution in [3.63, 3.8) is 0 Å². The highest BCUT2D eigenvalue weighted by Crippen LogP contribution is 2.34. The van der Waals surface area contributed by atoms with Crippen molar-refractivity contribution >= 4 is 39.7 Å². The lowest BCUT2D eigenvalue weighted by atomic mass is 10.1. The van der Waals surface area contributed by atoms with Crippen LogP contribution in [0.2, 0.25) is 0 Å². The smallest absolute Gasteiger partial charge is 0.323 e. The minimum absolute atomic E-state index is 0. The third kappa shape index (κ3) is 6.93. The molecule has 0 aliphatic heterocycles. The molecule has 1 amide bonds. The molecular weight excluding hydrogens is 371 g/mol. The minimum Gasteiger partial charge on any atom is -0.323 e. The Morgan fingerprint density at radius 3 is 2.33 bits per heavy atom. The third-order valence-electron chi connectivity index (χ3n) is 2.84. The van der Waals surface area contributed by atoms with Gasteiger partial charge in [0.2, 0.25) is 15.9 Å². The maximum atomic E-state index is 12.8. The zero-order valence-corrected chi connectivity index (χ0v) is 14.6. The molecule has 138 valence electrons. The van der Waals surface area contributed by atoms with E-state index in [0.717, 1.165) is 18.4 Å². The number of nitrogens with one attached hydrogen (secondary N) is 2. The van der Waals surface area contributed by atoms with Crippen molar-refractivity contribution in [3.8, 4) is 0 Å². The van der Waals surface area contributed by atoms with E-state index in [0.29, 0.717) is 18.9 Å². The van der Waals surface area contributed by atoms with Crippen molar-refractivity contribution < 1.29 is 26.4 Å². The highest BCUT2D eigenvalue weighted by molar-refractivity contribution is 7.92. The van der Waals surface area contributed by atoms with Gasteiger partial charge in [-0.3, -0.25) is 9.52 Å². The summed E-state index contributed by atoms with van der Waals surface area (Å²) in [6.45, 7) is 1.80. The van der Waals surface area contributed by atoms with Crippen molar-refractivity contribution in [2.45, 2.75) is 32.0 Å². The Kier molecular flexibility index (Phi) is 8.00. The Hall–Kier alpha value is -1.52. The van der Waals surface area contributed by atoms with Crippen LogP contribution in [0.25, 0.3) is 0 Å². The van der Waals surface area contributed by atoms with Gasteiger partial charge in [0.1, 0.15) is 0 Å². The van der Waals surface area contributed by atoms with Crippen LogP contribution in [0.4, 0.5) is 24.5 Å². The van der Waals surface area contributed by atoms with E-state index < -0.39 is 33.7 Å². The van der Waals surface area contributed by atoms with Gasteiger partial charge in [0, 0.05) is 0 Å². The van der Waals surface area contributed by atoms with Gasteiger partial charge in [-0.25, -0.2) is 8.42 Å².